The molecule has 0 spiro atoms. The van der Waals surface area contributed by atoms with Crippen molar-refractivity contribution in [3.63, 3.8) is 0 Å². The topological polar surface area (TPSA) is 48.1 Å². The number of benzene rings is 1. The molecule has 3 rings (SSSR count). The number of ether oxygens (including phenoxy) is 1. The minimum atomic E-state index is -0.357. The summed E-state index contributed by atoms with van der Waals surface area (Å²) in [5, 5.41) is 3.07. The van der Waals surface area contributed by atoms with E-state index in [4.69, 9.17) is 4.74 Å². The van der Waals surface area contributed by atoms with E-state index in [1.807, 2.05) is 6.07 Å². The van der Waals surface area contributed by atoms with Gasteiger partial charge in [0, 0.05) is 51.5 Å². The maximum Gasteiger partial charge on any atom is 0.250 e. The summed E-state index contributed by atoms with van der Waals surface area (Å²) in [6.45, 7) is 10.0. The SMILES string of the molecule is CCN1CCO[C@@H](C(=O)NCc2ccccc2N2CCN(C)CC2)C1. The molecule has 1 amide bonds. The normalized spacial score (nSPS) is 22.8. The maximum absolute atomic E-state index is 12.5. The molecule has 0 aliphatic carbocycles. The molecule has 2 saturated heterocycles. The van der Waals surface area contributed by atoms with E-state index in [-0.39, 0.29) is 12.0 Å². The average Bonchev–Trinajstić information content (AvgIpc) is 2.67. The molecule has 1 N–H and O–H groups in total. The smallest absolute Gasteiger partial charge is 0.250 e. The predicted molar refractivity (Wildman–Crippen MR) is 99.9 cm³/mol. The van der Waals surface area contributed by atoms with Crippen molar-refractivity contribution < 1.29 is 9.53 Å². The standard InChI is InChI=1S/C19H30N4O2/c1-3-22-12-13-25-18(15-22)19(24)20-14-16-6-4-5-7-17(16)23-10-8-21(2)9-11-23/h4-7,18H,3,8-15H2,1-2H3,(H,20,24)/t18-/m1/s1. The summed E-state index contributed by atoms with van der Waals surface area (Å²) in [6, 6.07) is 8.37. The second kappa shape index (κ2) is 8.65. The molecular weight excluding hydrogens is 316 g/mol. The van der Waals surface area contributed by atoms with Crippen LogP contribution in [0.25, 0.3) is 0 Å². The van der Waals surface area contributed by atoms with Crippen LogP contribution in [0.2, 0.25) is 0 Å². The van der Waals surface area contributed by atoms with Crippen molar-refractivity contribution in [2.45, 2.75) is 19.6 Å². The molecular formula is C19H30N4O2. The highest BCUT2D eigenvalue weighted by Crippen LogP contribution is 2.21. The number of rotatable bonds is 5. The minimum absolute atomic E-state index is 0.00803. The Labute approximate surface area is 150 Å². The van der Waals surface area contributed by atoms with Gasteiger partial charge in [0.05, 0.1) is 6.61 Å². The van der Waals surface area contributed by atoms with E-state index in [0.29, 0.717) is 19.7 Å². The number of anilines is 1. The molecule has 6 heteroatoms. The molecule has 2 aliphatic rings. The molecule has 0 unspecified atom stereocenters. The number of carbonyl (C=O) groups is 1. The minimum Gasteiger partial charge on any atom is -0.369 e. The van der Waals surface area contributed by atoms with Gasteiger partial charge >= 0.3 is 0 Å². The van der Waals surface area contributed by atoms with Crippen molar-refractivity contribution in [2.75, 3.05) is 64.4 Å². The van der Waals surface area contributed by atoms with Crippen molar-refractivity contribution in [1.82, 2.24) is 15.1 Å². The zero-order chi connectivity index (χ0) is 17.6. The van der Waals surface area contributed by atoms with Crippen LogP contribution in [-0.4, -0.2) is 81.3 Å². The fraction of sp³-hybridized carbons (Fsp3) is 0.632. The van der Waals surface area contributed by atoms with Crippen molar-refractivity contribution in [3.8, 4) is 0 Å². The summed E-state index contributed by atoms with van der Waals surface area (Å²) in [5.41, 5.74) is 2.40. The van der Waals surface area contributed by atoms with Gasteiger partial charge in [-0.05, 0) is 25.2 Å². The van der Waals surface area contributed by atoms with Gasteiger partial charge in [0.1, 0.15) is 6.10 Å². The van der Waals surface area contributed by atoms with Crippen molar-refractivity contribution in [1.29, 1.82) is 0 Å². The molecule has 1 aromatic rings. The fourth-order valence-corrected chi connectivity index (χ4v) is 3.46. The first-order chi connectivity index (χ1) is 12.2. The van der Waals surface area contributed by atoms with E-state index < -0.39 is 0 Å². The lowest BCUT2D eigenvalue weighted by molar-refractivity contribution is -0.138. The number of carbonyl (C=O) groups excluding carboxylic acids is 1. The molecule has 1 atom stereocenters. The summed E-state index contributed by atoms with van der Waals surface area (Å²) in [4.78, 5) is 19.5. The van der Waals surface area contributed by atoms with Crippen LogP contribution in [0.5, 0.6) is 0 Å². The summed E-state index contributed by atoms with van der Waals surface area (Å²) in [6.07, 6.45) is -0.357. The first-order valence-electron chi connectivity index (χ1n) is 9.30. The number of likely N-dealkylation sites (N-methyl/N-ethyl adjacent to an activating group) is 2. The number of nitrogens with one attached hydrogen (secondary N) is 1. The molecule has 0 bridgehead atoms. The molecule has 1 aromatic carbocycles. The molecule has 0 saturated carbocycles. The molecule has 6 nitrogen and oxygen atoms in total. The van der Waals surface area contributed by atoms with Crippen molar-refractivity contribution in [2.24, 2.45) is 0 Å². The Morgan fingerprint density at radius 3 is 2.72 bits per heavy atom. The Kier molecular flexibility index (Phi) is 6.29. The highest BCUT2D eigenvalue weighted by Gasteiger charge is 2.26. The third kappa shape index (κ3) is 4.71. The van der Waals surface area contributed by atoms with Crippen molar-refractivity contribution in [3.05, 3.63) is 29.8 Å². The van der Waals surface area contributed by atoms with Crippen LogP contribution in [0.15, 0.2) is 24.3 Å². The number of para-hydroxylation sites is 1. The Hall–Kier alpha value is -1.63. The summed E-state index contributed by atoms with van der Waals surface area (Å²) in [7, 11) is 2.16. The van der Waals surface area contributed by atoms with Gasteiger partial charge < -0.3 is 19.9 Å². The van der Waals surface area contributed by atoms with Crippen LogP contribution in [-0.2, 0) is 16.1 Å². The van der Waals surface area contributed by atoms with Gasteiger partial charge in [-0.3, -0.25) is 9.69 Å². The first kappa shape index (κ1) is 18.2. The summed E-state index contributed by atoms with van der Waals surface area (Å²) >= 11 is 0. The third-order valence-electron chi connectivity index (χ3n) is 5.18. The van der Waals surface area contributed by atoms with E-state index >= 15 is 0 Å². The van der Waals surface area contributed by atoms with E-state index in [0.717, 1.165) is 39.3 Å². The lowest BCUT2D eigenvalue weighted by Crippen LogP contribution is -2.49. The number of morpholine rings is 1. The lowest BCUT2D eigenvalue weighted by Gasteiger charge is -2.35. The van der Waals surface area contributed by atoms with Gasteiger partial charge in [0.2, 0.25) is 0 Å². The average molecular weight is 346 g/mol. The summed E-state index contributed by atoms with van der Waals surface area (Å²) < 4.78 is 5.65. The number of nitrogens with zero attached hydrogens (tertiary/aromatic N) is 3. The van der Waals surface area contributed by atoms with E-state index in [1.165, 1.54) is 11.3 Å². The zero-order valence-electron chi connectivity index (χ0n) is 15.4. The molecule has 2 aliphatic heterocycles. The summed E-state index contributed by atoms with van der Waals surface area (Å²) in [5.74, 6) is -0.00803. The van der Waals surface area contributed by atoms with Crippen LogP contribution >= 0.6 is 0 Å². The first-order valence-corrected chi connectivity index (χ1v) is 9.30. The van der Waals surface area contributed by atoms with Gasteiger partial charge in [0.15, 0.2) is 0 Å². The van der Waals surface area contributed by atoms with E-state index in [2.05, 4.69) is 52.2 Å². The van der Waals surface area contributed by atoms with Gasteiger partial charge in [-0.25, -0.2) is 0 Å². The van der Waals surface area contributed by atoms with E-state index in [1.54, 1.807) is 0 Å². The van der Waals surface area contributed by atoms with Gasteiger partial charge in [0.25, 0.3) is 5.91 Å². The van der Waals surface area contributed by atoms with Crippen molar-refractivity contribution >= 4 is 11.6 Å². The zero-order valence-corrected chi connectivity index (χ0v) is 15.4. The largest absolute Gasteiger partial charge is 0.369 e. The number of hydrogen-bond acceptors (Lipinski definition) is 5. The monoisotopic (exact) mass is 346 g/mol. The van der Waals surface area contributed by atoms with Gasteiger partial charge in [-0.2, -0.15) is 0 Å². The molecule has 0 radical (unpaired) electrons. The molecule has 2 heterocycles. The fourth-order valence-electron chi connectivity index (χ4n) is 3.46. The van der Waals surface area contributed by atoms with Crippen LogP contribution < -0.4 is 10.2 Å². The number of hydrogen-bond donors (Lipinski definition) is 1. The highest BCUT2D eigenvalue weighted by atomic mass is 16.5. The second-order valence-electron chi connectivity index (χ2n) is 6.89. The molecule has 138 valence electrons. The Morgan fingerprint density at radius 1 is 1.20 bits per heavy atom. The molecule has 0 aromatic heterocycles. The molecule has 25 heavy (non-hydrogen) atoms. The Balaban J connectivity index is 1.58. The Bertz CT molecular complexity index is 572. The number of amides is 1. The quantitative estimate of drug-likeness (QED) is 0.854. The predicted octanol–water partition coefficient (Wildman–Crippen LogP) is 0.775. The molecule has 2 fully saturated rings. The van der Waals surface area contributed by atoms with Crippen LogP contribution in [0.3, 0.4) is 0 Å². The van der Waals surface area contributed by atoms with Crippen LogP contribution in [0.1, 0.15) is 12.5 Å². The second-order valence-corrected chi connectivity index (χ2v) is 6.89. The lowest BCUT2D eigenvalue weighted by atomic mass is 10.1. The maximum atomic E-state index is 12.5. The van der Waals surface area contributed by atoms with Crippen LogP contribution in [0.4, 0.5) is 5.69 Å². The third-order valence-corrected chi connectivity index (χ3v) is 5.18. The van der Waals surface area contributed by atoms with Gasteiger partial charge in [-0.15, -0.1) is 0 Å². The number of piperazine rings is 1. The van der Waals surface area contributed by atoms with E-state index in [9.17, 15) is 4.79 Å². The van der Waals surface area contributed by atoms with Gasteiger partial charge in [-0.1, -0.05) is 25.1 Å². The Morgan fingerprint density at radius 2 is 1.96 bits per heavy atom. The van der Waals surface area contributed by atoms with Crippen LogP contribution in [0, 0.1) is 0 Å². The highest BCUT2D eigenvalue weighted by molar-refractivity contribution is 5.81.